The van der Waals surface area contributed by atoms with Gasteiger partial charge in [-0.05, 0) is 62.2 Å². The van der Waals surface area contributed by atoms with Gasteiger partial charge in [-0.2, -0.15) is 0 Å². The summed E-state index contributed by atoms with van der Waals surface area (Å²) in [5.41, 5.74) is 4.07. The number of amides is 1. The van der Waals surface area contributed by atoms with Gasteiger partial charge in [0.2, 0.25) is 5.91 Å². The number of carbonyl (C=O) groups excluding carboxylic acids is 1. The van der Waals surface area contributed by atoms with Crippen LogP contribution in [0.5, 0.6) is 0 Å². The average Bonchev–Trinajstić information content (AvgIpc) is 3.30. The maximum atomic E-state index is 13.0. The average molecular weight is 363 g/mol. The first-order chi connectivity index (χ1) is 13.1. The third kappa shape index (κ3) is 3.57. The molecule has 27 heavy (non-hydrogen) atoms. The summed E-state index contributed by atoms with van der Waals surface area (Å²) in [6.07, 6.45) is 5.82. The molecule has 2 aromatic heterocycles. The molecule has 0 radical (unpaired) electrons. The summed E-state index contributed by atoms with van der Waals surface area (Å²) >= 11 is 0. The van der Waals surface area contributed by atoms with Gasteiger partial charge in [-0.3, -0.25) is 14.7 Å². The van der Waals surface area contributed by atoms with Crippen LogP contribution in [0.15, 0.2) is 42.7 Å². The van der Waals surface area contributed by atoms with E-state index in [9.17, 15) is 4.79 Å². The highest BCUT2D eigenvalue weighted by molar-refractivity contribution is 5.83. The van der Waals surface area contributed by atoms with Crippen molar-refractivity contribution in [1.82, 2.24) is 24.8 Å². The molecule has 0 saturated carbocycles. The highest BCUT2D eigenvalue weighted by atomic mass is 16.2. The first-order valence-electron chi connectivity index (χ1n) is 9.47. The number of pyridine rings is 1. The fraction of sp³-hybridized carbons (Fsp3) is 0.381. The fourth-order valence-corrected chi connectivity index (χ4v) is 3.83. The molecule has 6 heteroatoms. The van der Waals surface area contributed by atoms with Crippen molar-refractivity contribution < 1.29 is 4.79 Å². The van der Waals surface area contributed by atoms with Crippen molar-refractivity contribution in [2.45, 2.75) is 32.4 Å². The molecule has 3 aromatic rings. The van der Waals surface area contributed by atoms with Crippen LogP contribution in [0.3, 0.4) is 0 Å². The summed E-state index contributed by atoms with van der Waals surface area (Å²) in [5, 5.41) is 3.12. The van der Waals surface area contributed by atoms with Gasteiger partial charge < -0.3 is 9.88 Å². The fourth-order valence-electron chi connectivity index (χ4n) is 3.83. The van der Waals surface area contributed by atoms with E-state index in [4.69, 9.17) is 0 Å². The molecular weight excluding hydrogens is 338 g/mol. The van der Waals surface area contributed by atoms with Crippen LogP contribution in [0.2, 0.25) is 0 Å². The number of rotatable bonds is 5. The molecule has 1 atom stereocenters. The van der Waals surface area contributed by atoms with Crippen molar-refractivity contribution in [3.8, 4) is 0 Å². The van der Waals surface area contributed by atoms with Crippen molar-refractivity contribution >= 4 is 16.9 Å². The van der Waals surface area contributed by atoms with Crippen molar-refractivity contribution in [2.24, 2.45) is 7.05 Å². The van der Waals surface area contributed by atoms with Crippen LogP contribution in [-0.2, 0) is 18.4 Å². The molecule has 1 aromatic carbocycles. The highest BCUT2D eigenvalue weighted by Gasteiger charge is 2.29. The van der Waals surface area contributed by atoms with Crippen LogP contribution in [0.25, 0.3) is 11.0 Å². The lowest BCUT2D eigenvalue weighted by Crippen LogP contribution is -2.39. The summed E-state index contributed by atoms with van der Waals surface area (Å²) in [6.45, 7) is 4.39. The highest BCUT2D eigenvalue weighted by Crippen LogP contribution is 2.25. The van der Waals surface area contributed by atoms with Crippen molar-refractivity contribution in [3.05, 3.63) is 59.7 Å². The Morgan fingerprint density at radius 3 is 2.81 bits per heavy atom. The van der Waals surface area contributed by atoms with E-state index in [2.05, 4.69) is 43.0 Å². The number of imidazole rings is 1. The van der Waals surface area contributed by atoms with Crippen LogP contribution in [0.1, 0.15) is 35.8 Å². The molecule has 6 nitrogen and oxygen atoms in total. The summed E-state index contributed by atoms with van der Waals surface area (Å²) in [5.74, 6) is 1.01. The number of likely N-dealkylation sites (tertiary alicyclic amines) is 1. The Morgan fingerprint density at radius 1 is 1.26 bits per heavy atom. The van der Waals surface area contributed by atoms with E-state index < -0.39 is 0 Å². The van der Waals surface area contributed by atoms with E-state index >= 15 is 0 Å². The van der Waals surface area contributed by atoms with Crippen molar-refractivity contribution in [3.63, 3.8) is 0 Å². The van der Waals surface area contributed by atoms with E-state index in [0.717, 1.165) is 53.9 Å². The molecule has 1 aliphatic heterocycles. The van der Waals surface area contributed by atoms with E-state index in [-0.39, 0.29) is 11.9 Å². The third-order valence-electron chi connectivity index (χ3n) is 5.39. The largest absolute Gasteiger partial charge is 0.350 e. The van der Waals surface area contributed by atoms with Gasteiger partial charge in [-0.1, -0.05) is 12.1 Å². The maximum Gasteiger partial charge on any atom is 0.242 e. The summed E-state index contributed by atoms with van der Waals surface area (Å²) in [6, 6.07) is 9.77. The Hall–Kier alpha value is -2.73. The predicted octanol–water partition coefficient (Wildman–Crippen LogP) is 2.73. The van der Waals surface area contributed by atoms with Crippen LogP contribution in [-0.4, -0.2) is 38.4 Å². The number of nitrogens with zero attached hydrogens (tertiary/aromatic N) is 4. The molecule has 4 rings (SSSR count). The lowest BCUT2D eigenvalue weighted by Gasteiger charge is -2.26. The van der Waals surface area contributed by atoms with Crippen molar-refractivity contribution in [1.29, 1.82) is 0 Å². The quantitative estimate of drug-likeness (QED) is 0.757. The predicted molar refractivity (Wildman–Crippen MR) is 105 cm³/mol. The molecule has 3 heterocycles. The Morgan fingerprint density at radius 2 is 2.07 bits per heavy atom. The van der Waals surface area contributed by atoms with Gasteiger partial charge in [-0.25, -0.2) is 4.98 Å². The summed E-state index contributed by atoms with van der Waals surface area (Å²) in [7, 11) is 2.01. The monoisotopic (exact) mass is 363 g/mol. The number of nitrogens with one attached hydrogen (secondary N) is 1. The van der Waals surface area contributed by atoms with Gasteiger partial charge in [0.15, 0.2) is 0 Å². The maximum absolute atomic E-state index is 13.0. The van der Waals surface area contributed by atoms with Gasteiger partial charge in [0.25, 0.3) is 0 Å². The normalized spacial score (nSPS) is 15.9. The zero-order valence-electron chi connectivity index (χ0n) is 15.9. The smallest absolute Gasteiger partial charge is 0.242 e. The summed E-state index contributed by atoms with van der Waals surface area (Å²) < 4.78 is 2.07. The van der Waals surface area contributed by atoms with E-state index in [0.29, 0.717) is 6.54 Å². The van der Waals surface area contributed by atoms with E-state index in [1.165, 1.54) is 0 Å². The van der Waals surface area contributed by atoms with Crippen LogP contribution in [0, 0.1) is 6.92 Å². The minimum Gasteiger partial charge on any atom is -0.350 e. The Labute approximate surface area is 159 Å². The molecule has 1 fully saturated rings. The number of benzene rings is 1. The molecule has 1 saturated heterocycles. The van der Waals surface area contributed by atoms with Crippen LogP contribution in [0.4, 0.5) is 0 Å². The Kier molecular flexibility index (Phi) is 4.90. The molecule has 1 aliphatic rings. The molecule has 0 aliphatic carbocycles. The molecule has 1 N–H and O–H groups in total. The molecule has 0 spiro atoms. The topological polar surface area (TPSA) is 63.1 Å². The molecule has 1 unspecified atom stereocenters. The zero-order chi connectivity index (χ0) is 18.8. The van der Waals surface area contributed by atoms with Gasteiger partial charge in [0.05, 0.1) is 11.0 Å². The lowest BCUT2D eigenvalue weighted by atomic mass is 10.1. The second-order valence-electron chi connectivity index (χ2n) is 7.19. The second-order valence-corrected chi connectivity index (χ2v) is 7.19. The molecule has 0 bridgehead atoms. The zero-order valence-corrected chi connectivity index (χ0v) is 15.9. The number of hydrogen-bond donors (Lipinski definition) is 1. The van der Waals surface area contributed by atoms with Crippen LogP contribution < -0.4 is 5.32 Å². The minimum absolute atomic E-state index is 0.0298. The van der Waals surface area contributed by atoms with Gasteiger partial charge >= 0.3 is 0 Å². The summed E-state index contributed by atoms with van der Waals surface area (Å²) in [4.78, 5) is 24.1. The Balaban J connectivity index is 1.51. The SMILES string of the molecule is Cc1nc2cc(CNC(=O)C(c3cccnc3)N3CCCC3)ccc2n1C. The van der Waals surface area contributed by atoms with Crippen LogP contribution >= 0.6 is 0 Å². The third-order valence-corrected chi connectivity index (χ3v) is 5.39. The lowest BCUT2D eigenvalue weighted by molar-refractivity contribution is -0.126. The molecule has 140 valence electrons. The first kappa shape index (κ1) is 17.7. The number of fused-ring (bicyclic) bond motifs is 1. The molecule has 1 amide bonds. The minimum atomic E-state index is -0.276. The standard InChI is InChI=1S/C21H25N5O/c1-15-24-18-12-16(7-8-19(18)25(15)2)13-23-21(27)20(26-10-3-4-11-26)17-6-5-9-22-14-17/h5-9,12,14,20H,3-4,10-11,13H2,1-2H3,(H,23,27). The Bertz CT molecular complexity index is 944. The van der Waals surface area contributed by atoms with Gasteiger partial charge in [0.1, 0.15) is 11.9 Å². The number of hydrogen-bond acceptors (Lipinski definition) is 4. The van der Waals surface area contributed by atoms with Gasteiger partial charge in [-0.15, -0.1) is 0 Å². The molecular formula is C21H25N5O. The number of carbonyl (C=O) groups is 1. The van der Waals surface area contributed by atoms with E-state index in [1.807, 2.05) is 26.1 Å². The number of aryl methyl sites for hydroxylation is 2. The van der Waals surface area contributed by atoms with E-state index in [1.54, 1.807) is 12.4 Å². The van der Waals surface area contributed by atoms with Gasteiger partial charge in [0, 0.05) is 26.0 Å². The number of aromatic nitrogens is 3. The second kappa shape index (κ2) is 7.48. The first-order valence-corrected chi connectivity index (χ1v) is 9.47. The van der Waals surface area contributed by atoms with Crippen molar-refractivity contribution in [2.75, 3.05) is 13.1 Å².